The number of benzene rings is 2. The molecule has 0 aliphatic rings. The van der Waals surface area contributed by atoms with E-state index in [1.165, 1.54) is 0 Å². The Kier molecular flexibility index (Phi) is 5.95. The summed E-state index contributed by atoms with van der Waals surface area (Å²) in [6.45, 7) is 6.31. The quantitative estimate of drug-likeness (QED) is 0.424. The molecule has 0 spiro atoms. The third-order valence-electron chi connectivity index (χ3n) is 5.58. The Hall–Kier alpha value is -3.65. The van der Waals surface area contributed by atoms with Crippen molar-refractivity contribution >= 4 is 26.5 Å². The van der Waals surface area contributed by atoms with Gasteiger partial charge in [-0.2, -0.15) is 0 Å². The van der Waals surface area contributed by atoms with Crippen LogP contribution in [0.25, 0.3) is 33.2 Å². The van der Waals surface area contributed by atoms with E-state index in [2.05, 4.69) is 35.5 Å². The minimum atomic E-state index is -3.36. The molecule has 0 saturated carbocycles. The summed E-state index contributed by atoms with van der Waals surface area (Å²) in [5.41, 5.74) is 3.92. The molecule has 0 bridgehead atoms. The molecule has 0 aliphatic heterocycles. The zero-order valence-corrected chi connectivity index (χ0v) is 20.6. The number of methoxy groups -OCH3 is 1. The van der Waals surface area contributed by atoms with E-state index < -0.39 is 10.0 Å². The van der Waals surface area contributed by atoms with Gasteiger partial charge in [0.05, 0.1) is 19.1 Å². The lowest BCUT2D eigenvalue weighted by molar-refractivity contribution is 0.403. The highest BCUT2D eigenvalue weighted by Crippen LogP contribution is 2.42. The number of nitrogens with one attached hydrogen (secondary N) is 2. The predicted octanol–water partition coefficient (Wildman–Crippen LogP) is 4.93. The highest BCUT2D eigenvalue weighted by molar-refractivity contribution is 7.92. The molecule has 2 heterocycles. The molecule has 0 fully saturated rings. The Balaban J connectivity index is 1.96. The van der Waals surface area contributed by atoms with Gasteiger partial charge in [-0.25, -0.2) is 8.42 Å². The Labute approximate surface area is 198 Å². The molecule has 0 unspecified atom stereocenters. The fourth-order valence-corrected chi connectivity index (χ4v) is 4.57. The maximum Gasteiger partial charge on any atom is 0.255 e. The van der Waals surface area contributed by atoms with Gasteiger partial charge in [-0.3, -0.25) is 14.5 Å². The number of ether oxygens (including phenoxy) is 1. The molecule has 0 radical (unpaired) electrons. The van der Waals surface area contributed by atoms with Gasteiger partial charge in [0.1, 0.15) is 5.75 Å². The topological polar surface area (TPSA) is 101 Å². The molecule has 0 aliphatic carbocycles. The molecule has 4 rings (SSSR count). The highest BCUT2D eigenvalue weighted by atomic mass is 32.2. The monoisotopic (exact) mass is 477 g/mol. The Morgan fingerprint density at radius 1 is 1.00 bits per heavy atom. The van der Waals surface area contributed by atoms with Gasteiger partial charge >= 0.3 is 0 Å². The van der Waals surface area contributed by atoms with Crippen molar-refractivity contribution in [3.63, 3.8) is 0 Å². The first-order valence-electron chi connectivity index (χ1n) is 10.8. The van der Waals surface area contributed by atoms with E-state index in [1.807, 2.05) is 24.3 Å². The van der Waals surface area contributed by atoms with Crippen molar-refractivity contribution in [1.82, 2.24) is 9.97 Å². The van der Waals surface area contributed by atoms with Crippen LogP contribution < -0.4 is 15.0 Å². The van der Waals surface area contributed by atoms with Crippen molar-refractivity contribution in [1.29, 1.82) is 0 Å². The van der Waals surface area contributed by atoms with Crippen LogP contribution in [-0.2, 0) is 15.4 Å². The van der Waals surface area contributed by atoms with E-state index in [-0.39, 0.29) is 11.0 Å². The average molecular weight is 478 g/mol. The van der Waals surface area contributed by atoms with Gasteiger partial charge in [0.15, 0.2) is 0 Å². The minimum absolute atomic E-state index is 0.174. The van der Waals surface area contributed by atoms with Crippen molar-refractivity contribution in [3.05, 3.63) is 76.8 Å². The zero-order chi connectivity index (χ0) is 24.7. The minimum Gasteiger partial charge on any atom is -0.496 e. The molecular weight excluding hydrogens is 450 g/mol. The lowest BCUT2D eigenvalue weighted by Gasteiger charge is -2.25. The number of aromatic amines is 1. The molecule has 4 aromatic rings. The Morgan fingerprint density at radius 2 is 1.71 bits per heavy atom. The van der Waals surface area contributed by atoms with Crippen LogP contribution in [0, 0.1) is 0 Å². The summed E-state index contributed by atoms with van der Waals surface area (Å²) in [6.07, 6.45) is 4.48. The first-order chi connectivity index (χ1) is 16.0. The highest BCUT2D eigenvalue weighted by Gasteiger charge is 2.24. The van der Waals surface area contributed by atoms with Crippen molar-refractivity contribution < 1.29 is 13.2 Å². The van der Waals surface area contributed by atoms with Crippen molar-refractivity contribution in [2.45, 2.75) is 26.2 Å². The number of sulfonamides is 1. The Bertz CT molecular complexity index is 1530. The molecule has 34 heavy (non-hydrogen) atoms. The Morgan fingerprint density at radius 3 is 2.29 bits per heavy atom. The van der Waals surface area contributed by atoms with Crippen molar-refractivity contribution in [2.75, 3.05) is 18.1 Å². The number of rotatable bonds is 5. The largest absolute Gasteiger partial charge is 0.496 e. The van der Waals surface area contributed by atoms with Crippen LogP contribution in [0.3, 0.4) is 0 Å². The molecule has 2 aromatic carbocycles. The maximum absolute atomic E-state index is 12.6. The van der Waals surface area contributed by atoms with Gasteiger partial charge in [0, 0.05) is 45.5 Å². The lowest BCUT2D eigenvalue weighted by Crippen LogP contribution is -2.15. The van der Waals surface area contributed by atoms with Gasteiger partial charge in [-0.05, 0) is 47.4 Å². The molecule has 176 valence electrons. The standard InChI is InChI=1S/C26H27N3O4S/c1-26(2,3)22-13-19(18-7-6-12-27-25(18)30)21-15-28-23(14-20(21)24(22)33-4)16-8-10-17(11-9-16)29-34(5,31)32/h6-15,29H,1-5H3,(H,27,30). The smallest absolute Gasteiger partial charge is 0.255 e. The maximum atomic E-state index is 12.6. The number of anilines is 1. The summed E-state index contributed by atoms with van der Waals surface area (Å²) in [5.74, 6) is 0.734. The second-order valence-electron chi connectivity index (χ2n) is 9.23. The third-order valence-corrected chi connectivity index (χ3v) is 6.18. The van der Waals surface area contributed by atoms with E-state index in [0.717, 1.165) is 39.5 Å². The first kappa shape index (κ1) is 23.5. The average Bonchev–Trinajstić information content (AvgIpc) is 2.77. The fraction of sp³-hybridized carbons (Fsp3) is 0.231. The molecule has 0 saturated heterocycles. The number of H-pyrrole nitrogens is 1. The molecule has 2 N–H and O–H groups in total. The molecule has 0 amide bonds. The van der Waals surface area contributed by atoms with Gasteiger partial charge in [0.2, 0.25) is 10.0 Å². The third kappa shape index (κ3) is 4.68. The van der Waals surface area contributed by atoms with E-state index in [0.29, 0.717) is 16.9 Å². The van der Waals surface area contributed by atoms with Crippen LogP contribution in [0.2, 0.25) is 0 Å². The van der Waals surface area contributed by atoms with E-state index in [9.17, 15) is 13.2 Å². The summed E-state index contributed by atoms with van der Waals surface area (Å²) in [7, 11) is -1.71. The summed E-state index contributed by atoms with van der Waals surface area (Å²) < 4.78 is 31.3. The van der Waals surface area contributed by atoms with Crippen LogP contribution >= 0.6 is 0 Å². The SMILES string of the molecule is COc1c(C(C)(C)C)cc(-c2ccc[nH]c2=O)c2cnc(-c3ccc(NS(C)(=O)=O)cc3)cc12. The van der Waals surface area contributed by atoms with Crippen LogP contribution in [0.5, 0.6) is 5.75 Å². The van der Waals surface area contributed by atoms with E-state index in [4.69, 9.17) is 4.74 Å². The summed E-state index contributed by atoms with van der Waals surface area (Å²) in [4.78, 5) is 20.1. The summed E-state index contributed by atoms with van der Waals surface area (Å²) >= 11 is 0. The molecule has 2 aromatic heterocycles. The fourth-order valence-electron chi connectivity index (χ4n) is 4.01. The van der Waals surface area contributed by atoms with E-state index >= 15 is 0 Å². The summed E-state index contributed by atoms with van der Waals surface area (Å²) in [5, 5.41) is 1.65. The molecule has 0 atom stereocenters. The van der Waals surface area contributed by atoms with Crippen molar-refractivity contribution in [3.8, 4) is 28.1 Å². The van der Waals surface area contributed by atoms with Gasteiger partial charge < -0.3 is 9.72 Å². The number of nitrogens with zero attached hydrogens (tertiary/aromatic N) is 1. The first-order valence-corrected chi connectivity index (χ1v) is 12.6. The predicted molar refractivity (Wildman–Crippen MR) is 137 cm³/mol. The second kappa shape index (κ2) is 8.61. The lowest BCUT2D eigenvalue weighted by atomic mass is 9.82. The number of hydrogen-bond acceptors (Lipinski definition) is 5. The van der Waals surface area contributed by atoms with Gasteiger partial charge in [-0.1, -0.05) is 32.9 Å². The van der Waals surface area contributed by atoms with E-state index in [1.54, 1.807) is 43.8 Å². The molecular formula is C26H27N3O4S. The number of hydrogen-bond donors (Lipinski definition) is 2. The van der Waals surface area contributed by atoms with Gasteiger partial charge in [0.25, 0.3) is 5.56 Å². The second-order valence-corrected chi connectivity index (χ2v) is 11.0. The summed E-state index contributed by atoms with van der Waals surface area (Å²) in [6, 6.07) is 14.6. The van der Waals surface area contributed by atoms with Gasteiger partial charge in [-0.15, -0.1) is 0 Å². The molecule has 7 nitrogen and oxygen atoms in total. The molecule has 8 heteroatoms. The van der Waals surface area contributed by atoms with Crippen LogP contribution in [-0.4, -0.2) is 31.8 Å². The number of pyridine rings is 2. The van der Waals surface area contributed by atoms with Crippen LogP contribution in [0.15, 0.2) is 65.7 Å². The zero-order valence-electron chi connectivity index (χ0n) is 19.8. The van der Waals surface area contributed by atoms with Crippen molar-refractivity contribution in [2.24, 2.45) is 0 Å². The van der Waals surface area contributed by atoms with Crippen LogP contribution in [0.4, 0.5) is 5.69 Å². The number of fused-ring (bicyclic) bond motifs is 1. The number of aromatic nitrogens is 2. The normalized spacial score (nSPS) is 12.0. The van der Waals surface area contributed by atoms with Crippen LogP contribution in [0.1, 0.15) is 26.3 Å².